The molecule has 2 rings (SSSR count). The Labute approximate surface area is 117 Å². The zero-order chi connectivity index (χ0) is 13.1. The summed E-state index contributed by atoms with van der Waals surface area (Å²) in [6.45, 7) is 0.0911. The number of rotatable bonds is 4. The van der Waals surface area contributed by atoms with E-state index in [1.54, 1.807) is 10.8 Å². The van der Waals surface area contributed by atoms with Gasteiger partial charge < -0.3 is 9.30 Å². The number of imidazole rings is 1. The zero-order valence-corrected chi connectivity index (χ0v) is 12.0. The first-order valence-electron chi connectivity index (χ1n) is 5.29. The number of aryl methyl sites for hydroxylation is 1. The molecule has 0 atom stereocenters. The highest BCUT2D eigenvalue weighted by molar-refractivity contribution is 9.10. The lowest BCUT2D eigenvalue weighted by Gasteiger charge is -2.05. The molecule has 7 heteroatoms. The van der Waals surface area contributed by atoms with E-state index in [2.05, 4.69) is 30.6 Å². The fourth-order valence-corrected chi connectivity index (χ4v) is 2.16. The minimum absolute atomic E-state index is 0.0911. The Morgan fingerprint density at radius 1 is 1.61 bits per heavy atom. The van der Waals surface area contributed by atoms with E-state index >= 15 is 0 Å². The molecule has 0 saturated heterocycles. The molecule has 2 aromatic rings. The lowest BCUT2D eigenvalue weighted by atomic mass is 10.4. The summed E-state index contributed by atoms with van der Waals surface area (Å²) in [6.07, 6.45) is 2.24. The first-order valence-corrected chi connectivity index (χ1v) is 6.62. The van der Waals surface area contributed by atoms with Gasteiger partial charge in [-0.25, -0.2) is 9.97 Å². The van der Waals surface area contributed by atoms with Gasteiger partial charge in [0.2, 0.25) is 0 Å². The second kappa shape index (κ2) is 5.67. The molecule has 0 amide bonds. The lowest BCUT2D eigenvalue weighted by Crippen LogP contribution is -2.14. The van der Waals surface area contributed by atoms with Crippen molar-refractivity contribution >= 4 is 44.7 Å². The van der Waals surface area contributed by atoms with Gasteiger partial charge in [0.25, 0.3) is 0 Å². The Morgan fingerprint density at radius 3 is 3.06 bits per heavy atom. The predicted octanol–water partition coefficient (Wildman–Crippen LogP) is 2.15. The summed E-state index contributed by atoms with van der Waals surface area (Å²) in [6, 6.07) is 1.86. The smallest absolute Gasteiger partial charge is 0.325 e. The van der Waals surface area contributed by atoms with Crippen LogP contribution in [0.4, 0.5) is 0 Å². The van der Waals surface area contributed by atoms with Gasteiger partial charge in [0.1, 0.15) is 17.9 Å². The SMILES string of the molecule is COC(=O)Cn1c(CCCl)nc2cc(Br)cnc21. The second-order valence-electron chi connectivity index (χ2n) is 3.63. The topological polar surface area (TPSA) is 57.0 Å². The van der Waals surface area contributed by atoms with Crippen molar-refractivity contribution in [2.75, 3.05) is 13.0 Å². The maximum absolute atomic E-state index is 11.4. The standard InChI is InChI=1S/C11H11BrClN3O2/c1-18-10(17)6-16-9(2-3-13)15-8-4-7(12)5-14-11(8)16/h4-5H,2-3,6H2,1H3. The molecule has 0 aliphatic heterocycles. The minimum atomic E-state index is -0.338. The molecular weight excluding hydrogens is 321 g/mol. The number of esters is 1. The number of aromatic nitrogens is 3. The number of pyridine rings is 1. The van der Waals surface area contributed by atoms with E-state index < -0.39 is 0 Å². The lowest BCUT2D eigenvalue weighted by molar-refractivity contribution is -0.141. The number of hydrogen-bond donors (Lipinski definition) is 0. The third kappa shape index (κ3) is 2.64. The van der Waals surface area contributed by atoms with Gasteiger partial charge in [-0.05, 0) is 22.0 Å². The summed E-state index contributed by atoms with van der Waals surface area (Å²) in [5.74, 6) is 0.830. The molecule has 18 heavy (non-hydrogen) atoms. The number of halogens is 2. The number of hydrogen-bond acceptors (Lipinski definition) is 4. The van der Waals surface area contributed by atoms with Crippen LogP contribution in [0.3, 0.4) is 0 Å². The Bertz CT molecular complexity index is 585. The average Bonchev–Trinajstić information content (AvgIpc) is 2.67. The minimum Gasteiger partial charge on any atom is -0.468 e. The molecule has 5 nitrogen and oxygen atoms in total. The highest BCUT2D eigenvalue weighted by atomic mass is 79.9. The highest BCUT2D eigenvalue weighted by Gasteiger charge is 2.14. The van der Waals surface area contributed by atoms with Gasteiger partial charge in [0.15, 0.2) is 5.65 Å². The van der Waals surface area contributed by atoms with Crippen LogP contribution in [0.15, 0.2) is 16.7 Å². The molecule has 0 bridgehead atoms. The van der Waals surface area contributed by atoms with Crippen LogP contribution in [0.5, 0.6) is 0 Å². The van der Waals surface area contributed by atoms with Crippen LogP contribution in [-0.2, 0) is 22.5 Å². The summed E-state index contributed by atoms with van der Waals surface area (Å²) >= 11 is 9.08. The third-order valence-electron chi connectivity index (χ3n) is 2.46. The quantitative estimate of drug-likeness (QED) is 0.636. The summed E-state index contributed by atoms with van der Waals surface area (Å²) in [7, 11) is 1.35. The number of nitrogens with zero attached hydrogens (tertiary/aromatic N) is 3. The fraction of sp³-hybridized carbons (Fsp3) is 0.364. The first-order chi connectivity index (χ1) is 8.65. The van der Waals surface area contributed by atoms with E-state index in [1.165, 1.54) is 7.11 Å². The molecule has 0 aliphatic carbocycles. The normalized spacial score (nSPS) is 10.8. The Hall–Kier alpha value is -1.14. The van der Waals surface area contributed by atoms with Gasteiger partial charge in [-0.15, -0.1) is 11.6 Å². The molecule has 96 valence electrons. The van der Waals surface area contributed by atoms with Crippen molar-refractivity contribution < 1.29 is 9.53 Å². The maximum Gasteiger partial charge on any atom is 0.325 e. The molecule has 0 saturated carbocycles. The number of carbonyl (C=O) groups is 1. The molecule has 0 N–H and O–H groups in total. The van der Waals surface area contributed by atoms with Gasteiger partial charge in [0, 0.05) is 23.0 Å². The molecule has 0 fully saturated rings. The van der Waals surface area contributed by atoms with Crippen LogP contribution in [0.2, 0.25) is 0 Å². The van der Waals surface area contributed by atoms with Gasteiger partial charge in [-0.1, -0.05) is 0 Å². The van der Waals surface area contributed by atoms with Gasteiger partial charge in [-0.2, -0.15) is 0 Å². The van der Waals surface area contributed by atoms with E-state index in [1.807, 2.05) is 6.07 Å². The average molecular weight is 333 g/mol. The molecule has 0 aromatic carbocycles. The van der Waals surface area contributed by atoms with E-state index in [0.717, 1.165) is 15.8 Å². The number of alkyl halides is 1. The first kappa shape index (κ1) is 13.3. The van der Waals surface area contributed by atoms with Crippen LogP contribution >= 0.6 is 27.5 Å². The van der Waals surface area contributed by atoms with Crippen LogP contribution in [-0.4, -0.2) is 33.5 Å². The summed E-state index contributed by atoms with van der Waals surface area (Å²) < 4.78 is 7.25. The Morgan fingerprint density at radius 2 is 2.39 bits per heavy atom. The Kier molecular flexibility index (Phi) is 4.19. The maximum atomic E-state index is 11.4. The van der Waals surface area contributed by atoms with Crippen molar-refractivity contribution in [2.24, 2.45) is 0 Å². The largest absolute Gasteiger partial charge is 0.468 e. The Balaban J connectivity index is 2.51. The third-order valence-corrected chi connectivity index (χ3v) is 3.09. The molecule has 2 heterocycles. The summed E-state index contributed by atoms with van der Waals surface area (Å²) in [5, 5.41) is 0. The fourth-order valence-electron chi connectivity index (χ4n) is 1.67. The van der Waals surface area contributed by atoms with Gasteiger partial charge in [0.05, 0.1) is 7.11 Å². The zero-order valence-electron chi connectivity index (χ0n) is 9.69. The van der Waals surface area contributed by atoms with E-state index in [0.29, 0.717) is 17.9 Å². The van der Waals surface area contributed by atoms with Crippen molar-refractivity contribution in [2.45, 2.75) is 13.0 Å². The van der Waals surface area contributed by atoms with Crippen LogP contribution < -0.4 is 0 Å². The number of ether oxygens (including phenoxy) is 1. The van der Waals surface area contributed by atoms with Crippen LogP contribution in [0.25, 0.3) is 11.2 Å². The van der Waals surface area contributed by atoms with Crippen molar-refractivity contribution in [3.63, 3.8) is 0 Å². The van der Waals surface area contributed by atoms with E-state index in [-0.39, 0.29) is 12.5 Å². The van der Waals surface area contributed by atoms with Crippen molar-refractivity contribution in [3.8, 4) is 0 Å². The summed E-state index contributed by atoms with van der Waals surface area (Å²) in [4.78, 5) is 20.1. The predicted molar refractivity (Wildman–Crippen MR) is 71.7 cm³/mol. The highest BCUT2D eigenvalue weighted by Crippen LogP contribution is 2.19. The van der Waals surface area contributed by atoms with Crippen molar-refractivity contribution in [3.05, 3.63) is 22.6 Å². The van der Waals surface area contributed by atoms with Gasteiger partial charge >= 0.3 is 5.97 Å². The second-order valence-corrected chi connectivity index (χ2v) is 4.92. The van der Waals surface area contributed by atoms with Crippen molar-refractivity contribution in [1.82, 2.24) is 14.5 Å². The molecule has 0 unspecified atom stereocenters. The van der Waals surface area contributed by atoms with E-state index in [4.69, 9.17) is 11.6 Å². The van der Waals surface area contributed by atoms with Gasteiger partial charge in [-0.3, -0.25) is 4.79 Å². The molecule has 0 spiro atoms. The summed E-state index contributed by atoms with van der Waals surface area (Å²) in [5.41, 5.74) is 1.39. The molecule has 2 aromatic heterocycles. The monoisotopic (exact) mass is 331 g/mol. The molecule has 0 radical (unpaired) electrons. The molecule has 0 aliphatic rings. The van der Waals surface area contributed by atoms with E-state index in [9.17, 15) is 4.79 Å². The van der Waals surface area contributed by atoms with Crippen LogP contribution in [0.1, 0.15) is 5.82 Å². The molecular formula is C11H11BrClN3O2. The van der Waals surface area contributed by atoms with Crippen LogP contribution in [0, 0.1) is 0 Å². The number of carbonyl (C=O) groups excluding carboxylic acids is 1. The number of methoxy groups -OCH3 is 1. The number of fused-ring (bicyclic) bond motifs is 1. The van der Waals surface area contributed by atoms with Crippen molar-refractivity contribution in [1.29, 1.82) is 0 Å².